The molecule has 0 aliphatic carbocycles. The first-order chi connectivity index (χ1) is 20.0. The second-order valence-electron chi connectivity index (χ2n) is 12.1. The van der Waals surface area contributed by atoms with Crippen LogP contribution in [0.5, 0.6) is 0 Å². The summed E-state index contributed by atoms with van der Waals surface area (Å²) in [5.74, 6) is 0. The Balaban J connectivity index is 2.24. The van der Waals surface area contributed by atoms with E-state index in [9.17, 15) is 10.2 Å². The Morgan fingerprint density at radius 3 is 1.39 bits per heavy atom. The summed E-state index contributed by atoms with van der Waals surface area (Å²) in [5, 5.41) is 20.9. The van der Waals surface area contributed by atoms with E-state index in [1.54, 1.807) is 0 Å². The van der Waals surface area contributed by atoms with Crippen LogP contribution >= 0.6 is 24.4 Å². The van der Waals surface area contributed by atoms with Gasteiger partial charge in [0.2, 0.25) is 0 Å². The molecular formula is C34H64O5S2. The maximum atomic E-state index is 10.3. The number of aliphatic hydroxyl groups excluding tert-OH is 2. The van der Waals surface area contributed by atoms with Gasteiger partial charge in [-0.3, -0.25) is 0 Å². The third-order valence-electron chi connectivity index (χ3n) is 8.23. The van der Waals surface area contributed by atoms with Gasteiger partial charge in [-0.2, -0.15) is 0 Å². The van der Waals surface area contributed by atoms with Crippen molar-refractivity contribution in [3.63, 3.8) is 0 Å². The third kappa shape index (κ3) is 20.3. The summed E-state index contributed by atoms with van der Waals surface area (Å²) in [7, 11) is 0. The third-order valence-corrected chi connectivity index (χ3v) is 8.83. The van der Waals surface area contributed by atoms with Crippen LogP contribution in [0, 0.1) is 0 Å². The molecule has 1 aliphatic heterocycles. The van der Waals surface area contributed by atoms with Gasteiger partial charge in [0.1, 0.15) is 12.2 Å². The fourth-order valence-electron chi connectivity index (χ4n) is 5.59. The smallest absolute Gasteiger partial charge is 0.167 e. The zero-order valence-electron chi connectivity index (χ0n) is 26.6. The van der Waals surface area contributed by atoms with Crippen LogP contribution in [0.2, 0.25) is 0 Å². The lowest BCUT2D eigenvalue weighted by atomic mass is 10.0. The number of hydrogen-bond donors (Lipinski definition) is 2. The quantitative estimate of drug-likeness (QED) is 0.0670. The molecule has 1 fully saturated rings. The van der Waals surface area contributed by atoms with Crippen LogP contribution in [0.15, 0.2) is 0 Å². The van der Waals surface area contributed by atoms with E-state index in [-0.39, 0.29) is 6.61 Å². The number of unbranched alkanes of at least 4 members (excludes halogenated alkanes) is 20. The fraction of sp³-hybridized carbons (Fsp3) is 0.941. The van der Waals surface area contributed by atoms with Gasteiger partial charge in [0.25, 0.3) is 0 Å². The monoisotopic (exact) mass is 616 g/mol. The minimum absolute atomic E-state index is 0.270. The molecule has 41 heavy (non-hydrogen) atoms. The molecule has 4 atom stereocenters. The minimum atomic E-state index is -1.04. The van der Waals surface area contributed by atoms with Crippen molar-refractivity contribution in [3.8, 4) is 0 Å². The van der Waals surface area contributed by atoms with Crippen molar-refractivity contribution < 1.29 is 24.4 Å². The molecule has 1 saturated heterocycles. The number of rotatable bonds is 28. The van der Waals surface area contributed by atoms with Gasteiger partial charge >= 0.3 is 0 Å². The van der Waals surface area contributed by atoms with E-state index in [0.717, 1.165) is 32.1 Å². The predicted octanol–water partition coefficient (Wildman–Crippen LogP) is 9.57. The first-order valence-corrected chi connectivity index (χ1v) is 18.1. The van der Waals surface area contributed by atoms with Gasteiger partial charge in [0.15, 0.2) is 22.3 Å². The topological polar surface area (TPSA) is 68.2 Å². The van der Waals surface area contributed by atoms with Gasteiger partial charge in [0.05, 0.1) is 13.2 Å². The minimum Gasteiger partial charge on any atom is -0.477 e. The largest absolute Gasteiger partial charge is 0.477 e. The highest BCUT2D eigenvalue weighted by Crippen LogP contribution is 2.26. The van der Waals surface area contributed by atoms with Crippen LogP contribution in [0.3, 0.4) is 0 Å². The lowest BCUT2D eigenvalue weighted by Gasteiger charge is -2.27. The summed E-state index contributed by atoms with van der Waals surface area (Å²) >= 11 is 11.1. The van der Waals surface area contributed by atoms with Crippen molar-refractivity contribution in [1.29, 1.82) is 0 Å². The van der Waals surface area contributed by atoms with E-state index in [1.807, 2.05) is 0 Å². The molecule has 0 spiro atoms. The lowest BCUT2D eigenvalue weighted by Crippen LogP contribution is -2.44. The van der Waals surface area contributed by atoms with Gasteiger partial charge in [-0.05, 0) is 37.3 Å². The Bertz CT molecular complexity index is 632. The highest BCUT2D eigenvalue weighted by atomic mass is 32.1. The van der Waals surface area contributed by atoms with E-state index in [4.69, 9.17) is 38.6 Å². The Morgan fingerprint density at radius 1 is 0.634 bits per heavy atom. The standard InChI is InChI=1S/C34H64O5S2/c1-3-5-7-9-11-13-15-17-19-21-23-25-31(40)38-30-28-37-33(29(36)27-35)34(30)39-32(41)26-24-22-20-18-16-14-12-10-8-6-4-2/h29-30,33-36H,3-28H2,1-2H3/t29-,30+,33-,34-/m0/s1. The summed E-state index contributed by atoms with van der Waals surface area (Å²) in [5.41, 5.74) is 0. The maximum absolute atomic E-state index is 10.3. The van der Waals surface area contributed by atoms with Crippen molar-refractivity contribution >= 4 is 34.5 Å². The molecule has 1 heterocycles. The van der Waals surface area contributed by atoms with Crippen molar-refractivity contribution in [1.82, 2.24) is 0 Å². The van der Waals surface area contributed by atoms with E-state index in [1.165, 1.54) is 116 Å². The average Bonchev–Trinajstić information content (AvgIpc) is 3.35. The van der Waals surface area contributed by atoms with E-state index < -0.39 is 31.0 Å². The molecule has 1 aliphatic rings. The van der Waals surface area contributed by atoms with Gasteiger partial charge in [0, 0.05) is 12.8 Å². The summed E-state index contributed by atoms with van der Waals surface area (Å²) in [6.45, 7) is 4.40. The van der Waals surface area contributed by atoms with Gasteiger partial charge in [-0.15, -0.1) is 0 Å². The van der Waals surface area contributed by atoms with Crippen LogP contribution in [0.25, 0.3) is 0 Å². The lowest BCUT2D eigenvalue weighted by molar-refractivity contribution is -0.0639. The number of hydrogen-bond acceptors (Lipinski definition) is 7. The van der Waals surface area contributed by atoms with E-state index >= 15 is 0 Å². The Morgan fingerprint density at radius 2 is 1.00 bits per heavy atom. The Hall–Kier alpha value is -0.340. The fourth-order valence-corrected chi connectivity index (χ4v) is 6.11. The first-order valence-electron chi connectivity index (χ1n) is 17.3. The van der Waals surface area contributed by atoms with E-state index in [0.29, 0.717) is 16.5 Å². The number of thiocarbonyl (C=S) groups is 2. The molecule has 7 heteroatoms. The molecule has 1 rings (SSSR count). The summed E-state index contributed by atoms with van der Waals surface area (Å²) in [6, 6.07) is 0. The SMILES string of the molecule is CCCCCCCCCCCCCC(=S)O[C@@H]1[C@H]([C@@H](O)CO)OC[C@H]1OC(=S)CCCCCCCCCCCCC. The van der Waals surface area contributed by atoms with Crippen molar-refractivity contribution in [2.24, 2.45) is 0 Å². The Kier molecular flexibility index (Phi) is 25.7. The van der Waals surface area contributed by atoms with Crippen LogP contribution < -0.4 is 0 Å². The zero-order chi connectivity index (χ0) is 30.0. The molecule has 0 saturated carbocycles. The van der Waals surface area contributed by atoms with Crippen LogP contribution in [-0.2, 0) is 14.2 Å². The molecule has 2 N–H and O–H groups in total. The molecule has 0 radical (unpaired) electrons. The molecule has 0 aromatic carbocycles. The zero-order valence-corrected chi connectivity index (χ0v) is 28.3. The van der Waals surface area contributed by atoms with Gasteiger partial charge in [-0.1, -0.05) is 142 Å². The average molecular weight is 617 g/mol. The van der Waals surface area contributed by atoms with Crippen LogP contribution in [0.4, 0.5) is 0 Å². The summed E-state index contributed by atoms with van der Waals surface area (Å²) in [4.78, 5) is 0. The molecule has 0 aromatic heterocycles. The van der Waals surface area contributed by atoms with E-state index in [2.05, 4.69) is 13.8 Å². The summed E-state index contributed by atoms with van der Waals surface area (Å²) in [6.07, 6.45) is 27.1. The molecule has 5 nitrogen and oxygen atoms in total. The summed E-state index contributed by atoms with van der Waals surface area (Å²) < 4.78 is 18.0. The van der Waals surface area contributed by atoms with Crippen LogP contribution in [0.1, 0.15) is 168 Å². The number of ether oxygens (including phenoxy) is 3. The number of aliphatic hydroxyl groups is 2. The molecule has 0 unspecified atom stereocenters. The first kappa shape index (κ1) is 38.7. The predicted molar refractivity (Wildman–Crippen MR) is 180 cm³/mol. The molecule has 0 aromatic rings. The maximum Gasteiger partial charge on any atom is 0.167 e. The van der Waals surface area contributed by atoms with Gasteiger partial charge in [-0.25, -0.2) is 0 Å². The van der Waals surface area contributed by atoms with Gasteiger partial charge < -0.3 is 24.4 Å². The highest BCUT2D eigenvalue weighted by Gasteiger charge is 2.45. The van der Waals surface area contributed by atoms with Crippen molar-refractivity contribution in [2.45, 2.75) is 192 Å². The molecule has 0 bridgehead atoms. The normalized spacial score (nSPS) is 19.4. The molecule has 0 amide bonds. The second kappa shape index (κ2) is 27.2. The van der Waals surface area contributed by atoms with Crippen LogP contribution in [-0.4, -0.2) is 57.9 Å². The molecule has 242 valence electrons. The Labute approximate surface area is 263 Å². The highest BCUT2D eigenvalue weighted by molar-refractivity contribution is 7.80. The van der Waals surface area contributed by atoms with Crippen molar-refractivity contribution in [3.05, 3.63) is 0 Å². The van der Waals surface area contributed by atoms with Crippen molar-refractivity contribution in [2.75, 3.05) is 13.2 Å². The molecular weight excluding hydrogens is 553 g/mol. The second-order valence-corrected chi connectivity index (χ2v) is 13.0.